The molecule has 0 radical (unpaired) electrons. The monoisotopic (exact) mass is 943 g/mol. The molecule has 0 aliphatic carbocycles. The van der Waals surface area contributed by atoms with Gasteiger partial charge in [0.1, 0.15) is 25.0 Å². The van der Waals surface area contributed by atoms with Crippen molar-refractivity contribution >= 4 is 70.2 Å². The van der Waals surface area contributed by atoms with E-state index in [-0.39, 0.29) is 38.1 Å². The van der Waals surface area contributed by atoms with Crippen LogP contribution < -0.4 is 16.0 Å². The van der Waals surface area contributed by atoms with Crippen molar-refractivity contribution in [1.29, 1.82) is 0 Å². The molecular formula is C43H69N5O14S2. The molecule has 1 fully saturated rings. The fraction of sp³-hybridized carbons (Fsp3) is 0.651. The zero-order valence-corrected chi connectivity index (χ0v) is 40.2. The Morgan fingerprint density at radius 1 is 1.05 bits per heavy atom. The second-order valence-electron chi connectivity index (χ2n) is 16.8. The first-order valence-corrected chi connectivity index (χ1v) is 23.2. The molecule has 5 N–H and O–H groups in total. The highest BCUT2D eigenvalue weighted by Gasteiger charge is 2.43. The fourth-order valence-corrected chi connectivity index (χ4v) is 6.39. The number of likely N-dealkylation sites (N-methyl/N-ethyl adjacent to an activating group) is 1. The molecule has 1 aliphatic rings. The van der Waals surface area contributed by atoms with Gasteiger partial charge in [-0.1, -0.05) is 47.6 Å². The molecule has 1 aliphatic heterocycles. The molecule has 64 heavy (non-hydrogen) atoms. The lowest BCUT2D eigenvalue weighted by molar-refractivity contribution is -0.148. The van der Waals surface area contributed by atoms with Crippen LogP contribution in [0, 0.1) is 11.8 Å². The fourth-order valence-electron chi connectivity index (χ4n) is 6.06. The van der Waals surface area contributed by atoms with Gasteiger partial charge in [0.2, 0.25) is 29.5 Å². The first-order valence-electron chi connectivity index (χ1n) is 21.1. The summed E-state index contributed by atoms with van der Waals surface area (Å²) in [6, 6.07) is 2.13. The predicted molar refractivity (Wildman–Crippen MR) is 243 cm³/mol. The van der Waals surface area contributed by atoms with Gasteiger partial charge in [0.15, 0.2) is 0 Å². The van der Waals surface area contributed by atoms with Crippen LogP contribution in [-0.2, 0) is 70.9 Å². The molecule has 0 bridgehead atoms. The number of amides is 5. The number of likely N-dealkylation sites (tertiary alicyclic amines) is 1. The third-order valence-electron chi connectivity index (χ3n) is 9.56. The molecule has 3 unspecified atom stereocenters. The van der Waals surface area contributed by atoms with E-state index in [2.05, 4.69) is 28.6 Å². The second kappa shape index (κ2) is 28.5. The smallest absolute Gasteiger partial charge is 0.308 e. The van der Waals surface area contributed by atoms with E-state index in [1.807, 2.05) is 27.7 Å². The van der Waals surface area contributed by atoms with Crippen LogP contribution in [0.15, 0.2) is 30.4 Å². The molecule has 21 heteroatoms. The number of allylic oxidation sites excluding steroid dienone is 1. The van der Waals surface area contributed by atoms with Gasteiger partial charge in [-0.2, -0.15) is 21.0 Å². The third kappa shape index (κ3) is 22.5. The number of thiol groups is 1. The summed E-state index contributed by atoms with van der Waals surface area (Å²) in [7, 11) is -2.98. The lowest BCUT2D eigenvalue weighted by atomic mass is 10.0. The number of ether oxygens (including phenoxy) is 3. The molecule has 1 heterocycles. The lowest BCUT2D eigenvalue weighted by Crippen LogP contribution is -2.54. The SMILES string of the molecule is CC(C)C(=O)OCc1ccc(NC(=O)CNC(=O)C(NC(=O)CN2C(=O)C(N(C)C(=O)/C=C\C=O)CC2COCCS(=O)(=O)O)C(C)C)cc1CCCOC(C)(C)CCO.CC(C)S. The van der Waals surface area contributed by atoms with Gasteiger partial charge in [0, 0.05) is 32.0 Å². The van der Waals surface area contributed by atoms with E-state index in [0.717, 1.165) is 33.1 Å². The zero-order valence-electron chi connectivity index (χ0n) is 38.5. The van der Waals surface area contributed by atoms with E-state index in [1.54, 1.807) is 45.9 Å². The Hall–Kier alpha value is -4.41. The number of aliphatic hydroxyl groups is 1. The molecule has 1 saturated heterocycles. The molecule has 3 atom stereocenters. The van der Waals surface area contributed by atoms with E-state index in [1.165, 1.54) is 7.05 Å². The van der Waals surface area contributed by atoms with Crippen LogP contribution in [0.1, 0.15) is 85.8 Å². The standard InChI is InChI=1S/C40H61N5O14S.C3H8S/c1-26(2)36(43-34(49)23-45-31(25-57-18-19-60(54,55)56)21-32(38(45)52)44(7)35(50)11-8-15-46)37(51)41-22-33(48)42-30-13-12-29(24-58-39(53)27(3)4)28(20-30)10-9-17-59-40(5,6)14-16-47;1-3(2)4/h8,11-13,15,20,26-27,31-32,36,47H,9-10,14,16-19,21-25H2,1-7H3,(H,41,51)(H,42,48)(H,43,49)(H,54,55,56);3-4H,1-2H3/b11-8-;. The molecule has 5 amide bonds. The van der Waals surface area contributed by atoms with Gasteiger partial charge in [0.25, 0.3) is 10.1 Å². The van der Waals surface area contributed by atoms with Crippen LogP contribution in [-0.4, -0.2) is 151 Å². The van der Waals surface area contributed by atoms with Crippen LogP contribution >= 0.6 is 12.6 Å². The highest BCUT2D eigenvalue weighted by molar-refractivity contribution is 7.85. The van der Waals surface area contributed by atoms with Gasteiger partial charge in [-0.25, -0.2) is 0 Å². The number of hydrogen-bond acceptors (Lipinski definition) is 14. The van der Waals surface area contributed by atoms with Crippen molar-refractivity contribution in [1.82, 2.24) is 20.4 Å². The molecule has 0 saturated carbocycles. The van der Waals surface area contributed by atoms with Gasteiger partial charge in [0.05, 0.1) is 49.6 Å². The Labute approximate surface area is 382 Å². The average molecular weight is 944 g/mol. The topological polar surface area (TPSA) is 264 Å². The summed E-state index contributed by atoms with van der Waals surface area (Å²) < 4.78 is 48.0. The summed E-state index contributed by atoms with van der Waals surface area (Å²) in [6.07, 6.45) is 3.93. The summed E-state index contributed by atoms with van der Waals surface area (Å²) in [5.41, 5.74) is 1.47. The van der Waals surface area contributed by atoms with E-state index in [9.17, 15) is 47.1 Å². The minimum absolute atomic E-state index is 0.00758. The number of esters is 1. The second-order valence-corrected chi connectivity index (χ2v) is 19.4. The number of aldehydes is 1. The molecule has 1 aromatic carbocycles. The quantitative estimate of drug-likeness (QED) is 0.0194. The number of benzene rings is 1. The van der Waals surface area contributed by atoms with Crippen molar-refractivity contribution in [2.45, 2.75) is 117 Å². The van der Waals surface area contributed by atoms with E-state index < -0.39 is 94.7 Å². The van der Waals surface area contributed by atoms with Crippen LogP contribution in [0.2, 0.25) is 0 Å². The van der Waals surface area contributed by atoms with Crippen LogP contribution in [0.25, 0.3) is 0 Å². The maximum Gasteiger partial charge on any atom is 0.308 e. The summed E-state index contributed by atoms with van der Waals surface area (Å²) in [4.78, 5) is 90.9. The van der Waals surface area contributed by atoms with Crippen molar-refractivity contribution < 1.29 is 65.8 Å². The van der Waals surface area contributed by atoms with Crippen LogP contribution in [0.3, 0.4) is 0 Å². The van der Waals surface area contributed by atoms with Crippen LogP contribution in [0.5, 0.6) is 0 Å². The van der Waals surface area contributed by atoms with Gasteiger partial charge >= 0.3 is 5.97 Å². The summed E-state index contributed by atoms with van der Waals surface area (Å²) in [5.74, 6) is -5.11. The number of aliphatic hydroxyl groups excluding tert-OH is 1. The Morgan fingerprint density at radius 2 is 1.70 bits per heavy atom. The van der Waals surface area contributed by atoms with E-state index in [4.69, 9.17) is 18.8 Å². The highest BCUT2D eigenvalue weighted by atomic mass is 32.2. The average Bonchev–Trinajstić information content (AvgIpc) is 3.50. The van der Waals surface area contributed by atoms with Gasteiger partial charge < -0.3 is 45.1 Å². The van der Waals surface area contributed by atoms with Crippen molar-refractivity contribution in [2.75, 3.05) is 57.6 Å². The normalized spacial score (nSPS) is 15.8. The summed E-state index contributed by atoms with van der Waals surface area (Å²) in [6.45, 7) is 13.4. The Kier molecular flexibility index (Phi) is 25.6. The first-order chi connectivity index (χ1) is 29.8. The number of aryl methyl sites for hydroxylation is 1. The number of nitrogens with zero attached hydrogens (tertiary/aromatic N) is 2. The molecule has 19 nitrogen and oxygen atoms in total. The van der Waals surface area contributed by atoms with Crippen LogP contribution in [0.4, 0.5) is 5.69 Å². The van der Waals surface area contributed by atoms with Crippen molar-refractivity contribution in [3.05, 3.63) is 41.5 Å². The minimum Gasteiger partial charge on any atom is -0.461 e. The molecular weight excluding hydrogens is 875 g/mol. The summed E-state index contributed by atoms with van der Waals surface area (Å²) >= 11 is 3.97. The van der Waals surface area contributed by atoms with E-state index in [0.29, 0.717) is 43.1 Å². The zero-order chi connectivity index (χ0) is 48.8. The number of anilines is 1. The lowest BCUT2D eigenvalue weighted by Gasteiger charge is -2.27. The molecule has 2 rings (SSSR count). The number of carbonyl (C=O) groups excluding carboxylic acids is 7. The molecule has 1 aromatic rings. The largest absolute Gasteiger partial charge is 0.461 e. The number of nitrogens with one attached hydrogen (secondary N) is 3. The Balaban J connectivity index is 0.00000490. The molecule has 362 valence electrons. The summed E-state index contributed by atoms with van der Waals surface area (Å²) in [5, 5.41) is 17.7. The number of rotatable bonds is 26. The molecule has 0 spiro atoms. The van der Waals surface area contributed by atoms with Crippen molar-refractivity contribution in [3.63, 3.8) is 0 Å². The van der Waals surface area contributed by atoms with E-state index >= 15 is 0 Å². The minimum atomic E-state index is -4.33. The first kappa shape index (κ1) is 57.6. The third-order valence-corrected chi connectivity index (χ3v) is 10.2. The number of hydrogen-bond donors (Lipinski definition) is 6. The predicted octanol–water partition coefficient (Wildman–Crippen LogP) is 2.10. The Bertz CT molecular complexity index is 1850. The maximum atomic E-state index is 13.5. The Morgan fingerprint density at radius 3 is 2.28 bits per heavy atom. The van der Waals surface area contributed by atoms with Gasteiger partial charge in [-0.15, -0.1) is 0 Å². The van der Waals surface area contributed by atoms with Crippen molar-refractivity contribution in [2.24, 2.45) is 11.8 Å². The molecule has 0 aromatic heterocycles. The van der Waals surface area contributed by atoms with Gasteiger partial charge in [-0.3, -0.25) is 38.1 Å². The van der Waals surface area contributed by atoms with Gasteiger partial charge in [-0.05, 0) is 80.0 Å². The van der Waals surface area contributed by atoms with Crippen molar-refractivity contribution in [3.8, 4) is 0 Å². The highest BCUT2D eigenvalue weighted by Crippen LogP contribution is 2.24. The maximum absolute atomic E-state index is 13.5. The number of carbonyl (C=O) groups is 7.